The summed E-state index contributed by atoms with van der Waals surface area (Å²) in [6.45, 7) is 2.38. The zero-order valence-corrected chi connectivity index (χ0v) is 15.5. The number of pyridine rings is 1. The lowest BCUT2D eigenvalue weighted by Gasteiger charge is -2.09. The number of nitrogens with zero attached hydrogens (tertiary/aromatic N) is 5. The highest BCUT2D eigenvalue weighted by molar-refractivity contribution is 5.78. The first-order valence-electron chi connectivity index (χ1n) is 9.00. The van der Waals surface area contributed by atoms with Crippen molar-refractivity contribution in [2.45, 2.75) is 19.9 Å². The molecule has 1 aromatic carbocycles. The van der Waals surface area contributed by atoms with Crippen molar-refractivity contribution in [2.75, 3.05) is 0 Å². The highest BCUT2D eigenvalue weighted by atomic mass is 16.1. The maximum Gasteiger partial charge on any atom is 0.224 e. The van der Waals surface area contributed by atoms with E-state index in [1.165, 1.54) is 0 Å². The third-order valence-electron chi connectivity index (χ3n) is 4.44. The third-order valence-corrected chi connectivity index (χ3v) is 4.44. The largest absolute Gasteiger partial charge is 0.352 e. The Balaban J connectivity index is 1.35. The SMILES string of the molecule is Cc1nccn1-c1cc(CNC(=O)Cc2ccc(-n3cccn3)cc2)ccn1. The molecule has 0 aliphatic heterocycles. The van der Waals surface area contributed by atoms with Gasteiger partial charge < -0.3 is 5.32 Å². The van der Waals surface area contributed by atoms with Crippen LogP contribution in [-0.4, -0.2) is 30.2 Å². The second kappa shape index (κ2) is 7.87. The minimum atomic E-state index is -0.0241. The number of amides is 1. The van der Waals surface area contributed by atoms with Crippen LogP contribution in [0.15, 0.2) is 73.4 Å². The molecule has 4 aromatic rings. The number of carbonyl (C=O) groups excluding carboxylic acids is 1. The topological polar surface area (TPSA) is 77.6 Å². The maximum absolute atomic E-state index is 12.3. The standard InChI is InChI=1S/C21H20N6O/c1-16-22-10-12-26(16)20-13-18(7-9-23-20)15-24-21(28)14-17-3-5-19(6-4-17)27-11-2-8-25-27/h2-13H,14-15H2,1H3,(H,24,28). The predicted molar refractivity (Wildman–Crippen MR) is 105 cm³/mol. The first-order valence-corrected chi connectivity index (χ1v) is 9.00. The van der Waals surface area contributed by atoms with Crippen LogP contribution in [-0.2, 0) is 17.8 Å². The molecule has 1 N–H and O–H groups in total. The lowest BCUT2D eigenvalue weighted by atomic mass is 10.1. The van der Waals surface area contributed by atoms with Gasteiger partial charge in [0, 0.05) is 37.5 Å². The molecule has 7 nitrogen and oxygen atoms in total. The fraction of sp³-hybridized carbons (Fsp3) is 0.143. The van der Waals surface area contributed by atoms with Gasteiger partial charge in [0.15, 0.2) is 0 Å². The van der Waals surface area contributed by atoms with Gasteiger partial charge in [-0.25, -0.2) is 14.6 Å². The second-order valence-corrected chi connectivity index (χ2v) is 6.44. The van der Waals surface area contributed by atoms with Crippen LogP contribution in [0.25, 0.3) is 11.5 Å². The number of rotatable bonds is 6. The number of aryl methyl sites for hydroxylation is 1. The molecule has 0 saturated heterocycles. The van der Waals surface area contributed by atoms with E-state index in [1.54, 1.807) is 23.3 Å². The molecule has 0 unspecified atom stereocenters. The molecule has 0 fully saturated rings. The Morgan fingerprint density at radius 3 is 2.57 bits per heavy atom. The minimum Gasteiger partial charge on any atom is -0.352 e. The molecule has 1 amide bonds. The van der Waals surface area contributed by atoms with Crippen molar-refractivity contribution in [3.8, 4) is 11.5 Å². The van der Waals surface area contributed by atoms with E-state index in [-0.39, 0.29) is 5.91 Å². The van der Waals surface area contributed by atoms with Crippen molar-refractivity contribution in [2.24, 2.45) is 0 Å². The number of benzene rings is 1. The van der Waals surface area contributed by atoms with Gasteiger partial charge in [0.1, 0.15) is 11.6 Å². The van der Waals surface area contributed by atoms with Crippen LogP contribution in [0.5, 0.6) is 0 Å². The molecular formula is C21H20N6O. The third kappa shape index (κ3) is 3.98. The van der Waals surface area contributed by atoms with Gasteiger partial charge in [-0.15, -0.1) is 0 Å². The lowest BCUT2D eigenvalue weighted by Crippen LogP contribution is -2.24. The van der Waals surface area contributed by atoms with E-state index < -0.39 is 0 Å². The molecule has 7 heteroatoms. The lowest BCUT2D eigenvalue weighted by molar-refractivity contribution is -0.120. The molecule has 140 valence electrons. The fourth-order valence-electron chi connectivity index (χ4n) is 2.96. The van der Waals surface area contributed by atoms with Crippen molar-refractivity contribution in [1.29, 1.82) is 0 Å². The molecule has 0 bridgehead atoms. The fourth-order valence-corrected chi connectivity index (χ4v) is 2.96. The summed E-state index contributed by atoms with van der Waals surface area (Å²) in [5.41, 5.74) is 2.91. The van der Waals surface area contributed by atoms with Crippen molar-refractivity contribution < 1.29 is 4.79 Å². The van der Waals surface area contributed by atoms with Crippen LogP contribution >= 0.6 is 0 Å². The quantitative estimate of drug-likeness (QED) is 0.564. The Kier molecular flexibility index (Phi) is 4.97. The van der Waals surface area contributed by atoms with E-state index in [9.17, 15) is 4.79 Å². The molecule has 3 heterocycles. The molecule has 4 rings (SSSR count). The minimum absolute atomic E-state index is 0.0241. The smallest absolute Gasteiger partial charge is 0.224 e. The van der Waals surface area contributed by atoms with Crippen LogP contribution in [0.1, 0.15) is 17.0 Å². The van der Waals surface area contributed by atoms with Gasteiger partial charge in [-0.1, -0.05) is 12.1 Å². The van der Waals surface area contributed by atoms with Crippen LogP contribution < -0.4 is 5.32 Å². The molecule has 0 saturated carbocycles. The molecule has 0 aliphatic rings. The Hall–Kier alpha value is -3.74. The second-order valence-electron chi connectivity index (χ2n) is 6.44. The monoisotopic (exact) mass is 372 g/mol. The van der Waals surface area contributed by atoms with E-state index in [0.717, 1.165) is 28.5 Å². The van der Waals surface area contributed by atoms with Gasteiger partial charge in [-0.2, -0.15) is 5.10 Å². The summed E-state index contributed by atoms with van der Waals surface area (Å²) < 4.78 is 3.69. The number of carbonyl (C=O) groups is 1. The number of imidazole rings is 1. The van der Waals surface area contributed by atoms with Gasteiger partial charge in [-0.05, 0) is 48.4 Å². The number of aromatic nitrogens is 5. The Morgan fingerprint density at radius 2 is 1.86 bits per heavy atom. The summed E-state index contributed by atoms with van der Waals surface area (Å²) in [7, 11) is 0. The van der Waals surface area contributed by atoms with Crippen molar-refractivity contribution >= 4 is 5.91 Å². The van der Waals surface area contributed by atoms with Gasteiger partial charge in [0.2, 0.25) is 5.91 Å². The molecule has 0 radical (unpaired) electrons. The average Bonchev–Trinajstić information content (AvgIpc) is 3.39. The van der Waals surface area contributed by atoms with Crippen molar-refractivity contribution in [3.63, 3.8) is 0 Å². The highest BCUT2D eigenvalue weighted by Crippen LogP contribution is 2.11. The summed E-state index contributed by atoms with van der Waals surface area (Å²) in [6.07, 6.45) is 9.30. The average molecular weight is 372 g/mol. The predicted octanol–water partition coefficient (Wildman–Crippen LogP) is 2.62. The van der Waals surface area contributed by atoms with Crippen molar-refractivity contribution in [3.05, 3.63) is 90.4 Å². The van der Waals surface area contributed by atoms with Crippen LogP contribution in [0.3, 0.4) is 0 Å². The maximum atomic E-state index is 12.3. The Bertz CT molecular complexity index is 1070. The number of hydrogen-bond acceptors (Lipinski definition) is 4. The first kappa shape index (κ1) is 17.7. The van der Waals surface area contributed by atoms with E-state index in [4.69, 9.17) is 0 Å². The number of nitrogens with one attached hydrogen (secondary N) is 1. The molecule has 0 spiro atoms. The summed E-state index contributed by atoms with van der Waals surface area (Å²) in [5.74, 6) is 1.63. The summed E-state index contributed by atoms with van der Waals surface area (Å²) in [4.78, 5) is 20.9. The van der Waals surface area contributed by atoms with Crippen molar-refractivity contribution in [1.82, 2.24) is 29.6 Å². The summed E-state index contributed by atoms with van der Waals surface area (Å²) in [6, 6.07) is 13.5. The first-order chi connectivity index (χ1) is 13.7. The molecule has 0 atom stereocenters. The van der Waals surface area contributed by atoms with Crippen LogP contribution in [0.4, 0.5) is 0 Å². The molecule has 0 aliphatic carbocycles. The molecule has 3 aromatic heterocycles. The Morgan fingerprint density at radius 1 is 1.00 bits per heavy atom. The normalized spacial score (nSPS) is 10.8. The van der Waals surface area contributed by atoms with Gasteiger partial charge >= 0.3 is 0 Å². The van der Waals surface area contributed by atoms with E-state index in [1.807, 2.05) is 66.3 Å². The van der Waals surface area contributed by atoms with Gasteiger partial charge in [-0.3, -0.25) is 9.36 Å². The van der Waals surface area contributed by atoms with Gasteiger partial charge in [0.25, 0.3) is 0 Å². The zero-order chi connectivity index (χ0) is 19.3. The van der Waals surface area contributed by atoms with Gasteiger partial charge in [0.05, 0.1) is 12.1 Å². The summed E-state index contributed by atoms with van der Waals surface area (Å²) in [5, 5.41) is 7.17. The number of hydrogen-bond donors (Lipinski definition) is 1. The van der Waals surface area contributed by atoms with Crippen LogP contribution in [0, 0.1) is 6.92 Å². The molecule has 28 heavy (non-hydrogen) atoms. The molecular weight excluding hydrogens is 352 g/mol. The van der Waals surface area contributed by atoms with E-state index in [0.29, 0.717) is 13.0 Å². The Labute approximate surface area is 162 Å². The highest BCUT2D eigenvalue weighted by Gasteiger charge is 2.06. The zero-order valence-electron chi connectivity index (χ0n) is 15.5. The van der Waals surface area contributed by atoms with E-state index >= 15 is 0 Å². The van der Waals surface area contributed by atoms with E-state index in [2.05, 4.69) is 20.4 Å². The summed E-state index contributed by atoms with van der Waals surface area (Å²) >= 11 is 0. The van der Waals surface area contributed by atoms with Crippen LogP contribution in [0.2, 0.25) is 0 Å².